The van der Waals surface area contributed by atoms with E-state index in [2.05, 4.69) is 4.98 Å². The van der Waals surface area contributed by atoms with Gasteiger partial charge in [0, 0.05) is 28.3 Å². The highest BCUT2D eigenvalue weighted by molar-refractivity contribution is 6.35. The molecule has 6 nitrogen and oxygen atoms in total. The van der Waals surface area contributed by atoms with E-state index < -0.39 is 4.92 Å². The molecule has 0 radical (unpaired) electrons. The first kappa shape index (κ1) is 17.7. The topological polar surface area (TPSA) is 106 Å². The lowest BCUT2D eigenvalue weighted by Crippen LogP contribution is -2.00. The van der Waals surface area contributed by atoms with Crippen molar-refractivity contribution in [3.8, 4) is 28.5 Å². The Hall–Kier alpha value is -3.14. The van der Waals surface area contributed by atoms with Crippen LogP contribution in [0.5, 0.6) is 0 Å². The van der Waals surface area contributed by atoms with Gasteiger partial charge in [-0.2, -0.15) is 5.26 Å². The van der Waals surface area contributed by atoms with Crippen molar-refractivity contribution in [2.24, 2.45) is 0 Å². The van der Waals surface area contributed by atoms with Crippen molar-refractivity contribution in [1.29, 1.82) is 5.26 Å². The number of rotatable bonds is 3. The standard InChI is InChI=1S/C18H10Cl2N4O2/c19-11-4-5-16(20)14(7-11)17-8-13(15(9-21)18(22)23-17)10-2-1-3-12(6-10)24(25)26/h1-8H,(H2,22,23). The summed E-state index contributed by atoms with van der Waals surface area (Å²) in [6, 6.07) is 14.5. The van der Waals surface area contributed by atoms with Gasteiger partial charge in [-0.25, -0.2) is 4.98 Å². The fraction of sp³-hybridized carbons (Fsp3) is 0. The molecule has 0 unspecified atom stereocenters. The predicted molar refractivity (Wildman–Crippen MR) is 101 cm³/mol. The van der Waals surface area contributed by atoms with Crippen LogP contribution in [0.25, 0.3) is 22.4 Å². The second-order valence-electron chi connectivity index (χ2n) is 5.36. The van der Waals surface area contributed by atoms with Gasteiger partial charge in [0.1, 0.15) is 17.5 Å². The smallest absolute Gasteiger partial charge is 0.270 e. The molecule has 0 aliphatic heterocycles. The fourth-order valence-electron chi connectivity index (χ4n) is 2.53. The van der Waals surface area contributed by atoms with Gasteiger partial charge >= 0.3 is 0 Å². The number of nitrogens with zero attached hydrogens (tertiary/aromatic N) is 3. The van der Waals surface area contributed by atoms with Crippen molar-refractivity contribution in [2.45, 2.75) is 0 Å². The summed E-state index contributed by atoms with van der Waals surface area (Å²) >= 11 is 12.3. The van der Waals surface area contributed by atoms with Gasteiger partial charge in [0.15, 0.2) is 0 Å². The lowest BCUT2D eigenvalue weighted by molar-refractivity contribution is -0.384. The van der Waals surface area contributed by atoms with Gasteiger partial charge in [-0.15, -0.1) is 0 Å². The Morgan fingerprint density at radius 3 is 2.58 bits per heavy atom. The average Bonchev–Trinajstić information content (AvgIpc) is 2.63. The van der Waals surface area contributed by atoms with E-state index in [1.807, 2.05) is 6.07 Å². The monoisotopic (exact) mass is 384 g/mol. The van der Waals surface area contributed by atoms with Crippen LogP contribution >= 0.6 is 23.2 Å². The van der Waals surface area contributed by atoms with Crippen LogP contribution in [0.4, 0.5) is 11.5 Å². The molecule has 26 heavy (non-hydrogen) atoms. The van der Waals surface area contributed by atoms with Gasteiger partial charge in [0.05, 0.1) is 15.6 Å². The van der Waals surface area contributed by atoms with Gasteiger partial charge < -0.3 is 5.73 Å². The number of anilines is 1. The third-order valence-electron chi connectivity index (χ3n) is 3.73. The van der Waals surface area contributed by atoms with Crippen LogP contribution in [-0.4, -0.2) is 9.91 Å². The first-order chi connectivity index (χ1) is 12.4. The second kappa shape index (κ2) is 7.00. The molecule has 3 rings (SSSR count). The lowest BCUT2D eigenvalue weighted by atomic mass is 9.98. The third kappa shape index (κ3) is 3.31. The highest BCUT2D eigenvalue weighted by atomic mass is 35.5. The normalized spacial score (nSPS) is 10.3. The molecule has 8 heteroatoms. The first-order valence-corrected chi connectivity index (χ1v) is 8.07. The van der Waals surface area contributed by atoms with Crippen molar-refractivity contribution in [2.75, 3.05) is 5.73 Å². The number of halogens is 2. The van der Waals surface area contributed by atoms with Gasteiger partial charge in [0.2, 0.25) is 0 Å². The minimum Gasteiger partial charge on any atom is -0.383 e. The summed E-state index contributed by atoms with van der Waals surface area (Å²) in [5.41, 5.74) is 7.85. The molecule has 0 fully saturated rings. The zero-order valence-corrected chi connectivity index (χ0v) is 14.6. The number of pyridine rings is 1. The summed E-state index contributed by atoms with van der Waals surface area (Å²) in [5.74, 6) is 0.00236. The summed E-state index contributed by atoms with van der Waals surface area (Å²) in [7, 11) is 0. The molecular weight excluding hydrogens is 375 g/mol. The van der Waals surface area contributed by atoms with Crippen LogP contribution in [0.1, 0.15) is 5.56 Å². The Kier molecular flexibility index (Phi) is 4.76. The van der Waals surface area contributed by atoms with Crippen LogP contribution in [0.2, 0.25) is 10.0 Å². The van der Waals surface area contributed by atoms with Gasteiger partial charge in [-0.05, 0) is 29.8 Å². The summed E-state index contributed by atoms with van der Waals surface area (Å²) in [5, 5.41) is 21.4. The number of non-ortho nitro benzene ring substituents is 1. The van der Waals surface area contributed by atoms with Crippen molar-refractivity contribution in [1.82, 2.24) is 4.98 Å². The Balaban J connectivity index is 2.27. The Morgan fingerprint density at radius 2 is 1.88 bits per heavy atom. The minimum atomic E-state index is -0.505. The number of nitrogens with two attached hydrogens (primary N) is 1. The van der Waals surface area contributed by atoms with Crippen molar-refractivity contribution in [3.05, 3.63) is 74.3 Å². The van der Waals surface area contributed by atoms with Crippen LogP contribution in [0, 0.1) is 21.4 Å². The van der Waals surface area contributed by atoms with Gasteiger partial charge in [-0.3, -0.25) is 10.1 Å². The largest absolute Gasteiger partial charge is 0.383 e. The SMILES string of the molecule is N#Cc1c(-c2cccc([N+](=O)[O-])c2)cc(-c2cc(Cl)ccc2Cl)nc1N. The number of nitriles is 1. The van der Waals surface area contributed by atoms with E-state index in [-0.39, 0.29) is 17.1 Å². The van der Waals surface area contributed by atoms with E-state index in [0.717, 1.165) is 0 Å². The molecule has 1 heterocycles. The number of nitro benzene ring substituents is 1. The number of nitrogen functional groups attached to an aromatic ring is 1. The number of aromatic nitrogens is 1. The maximum absolute atomic E-state index is 11.0. The zero-order chi connectivity index (χ0) is 18.8. The summed E-state index contributed by atoms with van der Waals surface area (Å²) in [6.07, 6.45) is 0. The van der Waals surface area contributed by atoms with Crippen LogP contribution in [-0.2, 0) is 0 Å². The number of nitro groups is 1. The van der Waals surface area contributed by atoms with E-state index in [1.54, 1.807) is 30.3 Å². The second-order valence-corrected chi connectivity index (χ2v) is 6.20. The van der Waals surface area contributed by atoms with Gasteiger partial charge in [-0.1, -0.05) is 35.3 Å². The molecule has 3 aromatic rings. The lowest BCUT2D eigenvalue weighted by Gasteiger charge is -2.11. The van der Waals surface area contributed by atoms with Crippen LogP contribution in [0.3, 0.4) is 0 Å². The van der Waals surface area contributed by atoms with E-state index in [0.29, 0.717) is 32.4 Å². The van der Waals surface area contributed by atoms with E-state index >= 15 is 0 Å². The van der Waals surface area contributed by atoms with Crippen molar-refractivity contribution >= 4 is 34.7 Å². The fourth-order valence-corrected chi connectivity index (χ4v) is 2.92. The minimum absolute atomic E-state index is 0.00236. The molecule has 2 N–H and O–H groups in total. The summed E-state index contributed by atoms with van der Waals surface area (Å²) in [6.45, 7) is 0. The molecule has 0 saturated carbocycles. The van der Waals surface area contributed by atoms with Crippen LogP contribution < -0.4 is 5.73 Å². The molecule has 2 aromatic carbocycles. The zero-order valence-electron chi connectivity index (χ0n) is 13.1. The van der Waals surface area contributed by atoms with Crippen molar-refractivity contribution in [3.63, 3.8) is 0 Å². The molecule has 0 bridgehead atoms. The molecule has 0 spiro atoms. The molecule has 0 amide bonds. The number of hydrogen-bond acceptors (Lipinski definition) is 5. The Labute approximate surface area is 158 Å². The van der Waals surface area contributed by atoms with E-state index in [4.69, 9.17) is 28.9 Å². The summed E-state index contributed by atoms with van der Waals surface area (Å²) in [4.78, 5) is 14.8. The quantitative estimate of drug-likeness (QED) is 0.500. The first-order valence-electron chi connectivity index (χ1n) is 7.31. The van der Waals surface area contributed by atoms with E-state index in [1.165, 1.54) is 18.2 Å². The Bertz CT molecular complexity index is 1080. The Morgan fingerprint density at radius 1 is 1.12 bits per heavy atom. The molecule has 0 aliphatic rings. The molecule has 1 aromatic heterocycles. The third-order valence-corrected chi connectivity index (χ3v) is 4.30. The predicted octanol–water partition coefficient (Wildman–Crippen LogP) is 5.08. The average molecular weight is 385 g/mol. The molecule has 128 valence electrons. The molecule has 0 atom stereocenters. The van der Waals surface area contributed by atoms with E-state index in [9.17, 15) is 15.4 Å². The number of benzene rings is 2. The molecule has 0 aliphatic carbocycles. The van der Waals surface area contributed by atoms with Crippen molar-refractivity contribution < 1.29 is 4.92 Å². The maximum atomic E-state index is 11.0. The van der Waals surface area contributed by atoms with Gasteiger partial charge in [0.25, 0.3) is 5.69 Å². The number of hydrogen-bond donors (Lipinski definition) is 1. The van der Waals surface area contributed by atoms with Crippen LogP contribution in [0.15, 0.2) is 48.5 Å². The summed E-state index contributed by atoms with van der Waals surface area (Å²) < 4.78 is 0. The molecule has 0 saturated heterocycles. The maximum Gasteiger partial charge on any atom is 0.270 e. The molecular formula is C18H10Cl2N4O2. The highest BCUT2D eigenvalue weighted by Crippen LogP contribution is 2.35. The highest BCUT2D eigenvalue weighted by Gasteiger charge is 2.17.